The number of pyridine rings is 1. The lowest BCUT2D eigenvalue weighted by molar-refractivity contribution is -0.141. The highest BCUT2D eigenvalue weighted by Crippen LogP contribution is 2.37. The number of aliphatic carboxylic acids is 1. The zero-order valence-electron chi connectivity index (χ0n) is 15.6. The van der Waals surface area contributed by atoms with Crippen LogP contribution in [-0.4, -0.2) is 32.7 Å². The summed E-state index contributed by atoms with van der Waals surface area (Å²) in [4.78, 5) is 28.1. The number of furan rings is 1. The first-order valence-electron chi connectivity index (χ1n) is 9.14. The van der Waals surface area contributed by atoms with E-state index in [1.165, 1.54) is 11.3 Å². The molecule has 7 nitrogen and oxygen atoms in total. The molecule has 4 rings (SSSR count). The number of halogens is 1. The van der Waals surface area contributed by atoms with Crippen molar-refractivity contribution in [3.63, 3.8) is 0 Å². The predicted molar refractivity (Wildman–Crippen MR) is 108 cm³/mol. The maximum Gasteiger partial charge on any atom is 0.303 e. The molecule has 148 valence electrons. The van der Waals surface area contributed by atoms with Gasteiger partial charge in [0.15, 0.2) is 0 Å². The lowest BCUT2D eigenvalue weighted by Gasteiger charge is -2.22. The average molecular weight is 412 g/mol. The van der Waals surface area contributed by atoms with E-state index in [0.717, 1.165) is 16.5 Å². The Morgan fingerprint density at radius 1 is 1.28 bits per heavy atom. The minimum absolute atomic E-state index is 0.154. The van der Waals surface area contributed by atoms with Crippen LogP contribution in [0.1, 0.15) is 42.2 Å². The van der Waals surface area contributed by atoms with Crippen molar-refractivity contribution in [1.29, 1.82) is 0 Å². The molecule has 1 atom stereocenters. The molecule has 0 spiro atoms. The molecule has 3 aromatic rings. The lowest BCUT2D eigenvalue weighted by atomic mass is 10.00. The molecule has 0 bridgehead atoms. The third-order valence-corrected chi connectivity index (χ3v) is 5.14. The first-order valence-corrected chi connectivity index (χ1v) is 9.52. The number of hydrogen-bond donors (Lipinski definition) is 1. The number of benzene rings is 1. The third-order valence-electron chi connectivity index (χ3n) is 4.84. The maximum absolute atomic E-state index is 12.7. The third kappa shape index (κ3) is 3.86. The molecule has 1 N–H and O–H groups in total. The first-order chi connectivity index (χ1) is 13.9. The van der Waals surface area contributed by atoms with Gasteiger partial charge in [0.1, 0.15) is 16.6 Å². The number of hydrazone groups is 1. The van der Waals surface area contributed by atoms with Gasteiger partial charge in [-0.1, -0.05) is 23.7 Å². The Morgan fingerprint density at radius 3 is 2.83 bits per heavy atom. The van der Waals surface area contributed by atoms with Crippen LogP contribution in [0.3, 0.4) is 0 Å². The van der Waals surface area contributed by atoms with Gasteiger partial charge >= 0.3 is 5.97 Å². The van der Waals surface area contributed by atoms with E-state index in [2.05, 4.69) is 10.1 Å². The van der Waals surface area contributed by atoms with Crippen molar-refractivity contribution in [2.24, 2.45) is 5.10 Å². The van der Waals surface area contributed by atoms with E-state index < -0.39 is 12.0 Å². The molecule has 0 saturated carbocycles. The van der Waals surface area contributed by atoms with Gasteiger partial charge < -0.3 is 9.52 Å². The summed E-state index contributed by atoms with van der Waals surface area (Å²) in [6.07, 6.45) is 1.51. The number of hydrogen-bond acceptors (Lipinski definition) is 5. The fraction of sp³-hybridized carbons (Fsp3) is 0.238. The van der Waals surface area contributed by atoms with Crippen molar-refractivity contribution >= 4 is 40.1 Å². The number of fused-ring (bicyclic) bond motifs is 1. The maximum atomic E-state index is 12.7. The highest BCUT2D eigenvalue weighted by Gasteiger charge is 2.35. The molecule has 29 heavy (non-hydrogen) atoms. The number of nitrogens with zero attached hydrogens (tertiary/aromatic N) is 3. The van der Waals surface area contributed by atoms with E-state index in [1.807, 2.05) is 31.2 Å². The smallest absolute Gasteiger partial charge is 0.303 e. The number of aromatic nitrogens is 1. The Morgan fingerprint density at radius 2 is 2.10 bits per heavy atom. The molecule has 3 heterocycles. The predicted octanol–water partition coefficient (Wildman–Crippen LogP) is 4.33. The Balaban J connectivity index is 1.73. The minimum Gasteiger partial charge on any atom is -0.481 e. The van der Waals surface area contributed by atoms with Crippen molar-refractivity contribution in [2.45, 2.75) is 32.2 Å². The van der Waals surface area contributed by atoms with Crippen LogP contribution in [0.5, 0.6) is 0 Å². The Kier molecular flexibility index (Phi) is 5.07. The SMILES string of the molecule is Cc1ccc2cc(C3CC(c4ccco4)=NN3C(=O)CCC(=O)O)c(Cl)nc2c1. The summed E-state index contributed by atoms with van der Waals surface area (Å²) >= 11 is 6.49. The van der Waals surface area contributed by atoms with Gasteiger partial charge in [-0.2, -0.15) is 5.10 Å². The van der Waals surface area contributed by atoms with Crippen molar-refractivity contribution < 1.29 is 19.1 Å². The van der Waals surface area contributed by atoms with E-state index in [0.29, 0.717) is 28.6 Å². The molecule has 1 aliphatic heterocycles. The van der Waals surface area contributed by atoms with Crippen LogP contribution in [0, 0.1) is 6.92 Å². The summed E-state index contributed by atoms with van der Waals surface area (Å²) in [5, 5.41) is 15.9. The number of carbonyl (C=O) groups is 2. The Hall–Kier alpha value is -3.19. The van der Waals surface area contributed by atoms with Crippen LogP contribution in [0.2, 0.25) is 5.15 Å². The molecule has 0 fully saturated rings. The molecular formula is C21H18ClN3O4. The summed E-state index contributed by atoms with van der Waals surface area (Å²) in [7, 11) is 0. The molecular weight excluding hydrogens is 394 g/mol. The Bertz CT molecular complexity index is 1120. The normalized spacial score (nSPS) is 16.3. The molecule has 0 radical (unpaired) electrons. The van der Waals surface area contributed by atoms with Crippen molar-refractivity contribution in [3.8, 4) is 0 Å². The zero-order chi connectivity index (χ0) is 20.5. The summed E-state index contributed by atoms with van der Waals surface area (Å²) in [5.41, 5.74) is 3.11. The molecule has 0 saturated heterocycles. The van der Waals surface area contributed by atoms with Gasteiger partial charge in [0.25, 0.3) is 0 Å². The molecule has 1 amide bonds. The second-order valence-corrected chi connectivity index (χ2v) is 7.30. The van der Waals surface area contributed by atoms with E-state index in [9.17, 15) is 9.59 Å². The molecule has 1 unspecified atom stereocenters. The molecule has 0 aliphatic carbocycles. The number of carbonyl (C=O) groups excluding carboxylic acids is 1. The zero-order valence-corrected chi connectivity index (χ0v) is 16.4. The average Bonchev–Trinajstić information content (AvgIpc) is 3.35. The van der Waals surface area contributed by atoms with Gasteiger partial charge in [-0.15, -0.1) is 0 Å². The van der Waals surface area contributed by atoms with Crippen molar-refractivity contribution in [3.05, 3.63) is 64.7 Å². The fourth-order valence-corrected chi connectivity index (χ4v) is 3.68. The summed E-state index contributed by atoms with van der Waals surface area (Å²) in [6, 6.07) is 10.8. The Labute approximate surface area is 171 Å². The van der Waals surface area contributed by atoms with E-state index in [4.69, 9.17) is 21.1 Å². The van der Waals surface area contributed by atoms with Gasteiger partial charge in [-0.3, -0.25) is 9.59 Å². The van der Waals surface area contributed by atoms with Gasteiger partial charge in [0, 0.05) is 23.8 Å². The monoisotopic (exact) mass is 411 g/mol. The minimum atomic E-state index is -1.04. The largest absolute Gasteiger partial charge is 0.481 e. The number of carboxylic acid groups (broad SMARTS) is 1. The summed E-state index contributed by atoms with van der Waals surface area (Å²) < 4.78 is 5.43. The van der Waals surface area contributed by atoms with Gasteiger partial charge in [-0.05, 0) is 36.8 Å². The van der Waals surface area contributed by atoms with Crippen LogP contribution >= 0.6 is 11.6 Å². The van der Waals surface area contributed by atoms with E-state index >= 15 is 0 Å². The second-order valence-electron chi connectivity index (χ2n) is 6.94. The van der Waals surface area contributed by atoms with Gasteiger partial charge in [0.05, 0.1) is 24.2 Å². The van der Waals surface area contributed by atoms with E-state index in [-0.39, 0.29) is 18.7 Å². The van der Waals surface area contributed by atoms with Crippen molar-refractivity contribution in [1.82, 2.24) is 9.99 Å². The molecule has 8 heteroatoms. The standard InChI is InChI=1S/C21H18ClN3O4/c1-12-4-5-13-10-14(21(22)23-15(13)9-12)17-11-16(18-3-2-8-29-18)24-25(17)19(26)6-7-20(27)28/h2-5,8-10,17H,6-7,11H2,1H3,(H,27,28). The second kappa shape index (κ2) is 7.67. The highest BCUT2D eigenvalue weighted by atomic mass is 35.5. The number of amides is 1. The van der Waals surface area contributed by atoms with Crippen LogP contribution < -0.4 is 0 Å². The van der Waals surface area contributed by atoms with Crippen molar-refractivity contribution in [2.75, 3.05) is 0 Å². The summed E-state index contributed by atoms with van der Waals surface area (Å²) in [5.74, 6) is -0.867. The van der Waals surface area contributed by atoms with Crippen LogP contribution in [-0.2, 0) is 9.59 Å². The number of rotatable bonds is 5. The highest BCUT2D eigenvalue weighted by molar-refractivity contribution is 6.30. The van der Waals surface area contributed by atoms with Crippen LogP contribution in [0.15, 0.2) is 52.2 Å². The van der Waals surface area contributed by atoms with Crippen LogP contribution in [0.25, 0.3) is 10.9 Å². The quantitative estimate of drug-likeness (QED) is 0.630. The van der Waals surface area contributed by atoms with Gasteiger partial charge in [0.2, 0.25) is 5.91 Å². The number of aryl methyl sites for hydroxylation is 1. The van der Waals surface area contributed by atoms with E-state index in [1.54, 1.807) is 12.1 Å². The molecule has 1 aliphatic rings. The molecule has 1 aromatic carbocycles. The number of carboxylic acids is 1. The topological polar surface area (TPSA) is 96.0 Å². The van der Waals surface area contributed by atoms with Crippen LogP contribution in [0.4, 0.5) is 0 Å². The first kappa shape index (κ1) is 19.1. The molecule has 2 aromatic heterocycles. The lowest BCUT2D eigenvalue weighted by Crippen LogP contribution is -2.27. The summed E-state index contributed by atoms with van der Waals surface area (Å²) in [6.45, 7) is 1.98. The fourth-order valence-electron chi connectivity index (χ4n) is 3.41. The van der Waals surface area contributed by atoms with Gasteiger partial charge in [-0.25, -0.2) is 9.99 Å².